The Morgan fingerprint density at radius 2 is 1.24 bits per heavy atom. The fourth-order valence-electron chi connectivity index (χ4n) is 1.47. The highest BCUT2D eigenvalue weighted by molar-refractivity contribution is 5.76. The van der Waals surface area contributed by atoms with Crippen LogP contribution in [0.2, 0.25) is 0 Å². The van der Waals surface area contributed by atoms with Crippen LogP contribution in [0.15, 0.2) is 0 Å². The third-order valence-corrected chi connectivity index (χ3v) is 2.56. The van der Waals surface area contributed by atoms with E-state index >= 15 is 0 Å². The van der Waals surface area contributed by atoms with Crippen LogP contribution in [0.3, 0.4) is 0 Å². The van der Waals surface area contributed by atoms with Gasteiger partial charge in [-0.05, 0) is 48.5 Å². The Bertz CT molecular complexity index is 543. The highest BCUT2D eigenvalue weighted by Gasteiger charge is 2.17. The lowest BCUT2D eigenvalue weighted by Gasteiger charge is -2.19. The van der Waals surface area contributed by atoms with Crippen molar-refractivity contribution in [3.63, 3.8) is 0 Å². The first kappa shape index (κ1) is 28.6. The molecule has 10 nitrogen and oxygen atoms in total. The molecule has 0 aliphatic carbocycles. The van der Waals surface area contributed by atoms with Gasteiger partial charge in [-0.15, -0.1) is 0 Å². The zero-order chi connectivity index (χ0) is 23.3. The minimum Gasteiger partial charge on any atom is -0.481 e. The summed E-state index contributed by atoms with van der Waals surface area (Å²) in [7, 11) is 0. The SMILES string of the molecule is CC(C)(C)OC(=O)NCCC(=O)O.CCN(F)C(=O)CCNC(=O)OC(C)(C)C. The zero-order valence-electron chi connectivity index (χ0n) is 18.3. The predicted octanol–water partition coefficient (Wildman–Crippen LogP) is 2.62. The van der Waals surface area contributed by atoms with Gasteiger partial charge in [0, 0.05) is 19.5 Å². The van der Waals surface area contributed by atoms with E-state index in [1.165, 1.54) is 6.92 Å². The number of aliphatic carboxylic acids is 1. The minimum atomic E-state index is -0.948. The number of hydrogen-bond donors (Lipinski definition) is 3. The molecule has 0 atom stereocenters. The van der Waals surface area contributed by atoms with Gasteiger partial charge in [0.2, 0.25) is 0 Å². The first-order valence-corrected chi connectivity index (χ1v) is 9.19. The number of amides is 3. The van der Waals surface area contributed by atoms with Crippen LogP contribution in [0.25, 0.3) is 0 Å². The first-order valence-electron chi connectivity index (χ1n) is 9.19. The second-order valence-electron chi connectivity index (χ2n) is 7.82. The zero-order valence-corrected chi connectivity index (χ0v) is 18.3. The molecule has 0 aliphatic heterocycles. The molecule has 29 heavy (non-hydrogen) atoms. The average Bonchev–Trinajstić information content (AvgIpc) is 2.50. The topological polar surface area (TPSA) is 134 Å². The molecule has 0 aromatic heterocycles. The number of carbonyl (C=O) groups is 4. The van der Waals surface area contributed by atoms with E-state index in [-0.39, 0.29) is 37.6 Å². The van der Waals surface area contributed by atoms with Crippen LogP contribution in [0.4, 0.5) is 14.1 Å². The van der Waals surface area contributed by atoms with E-state index in [2.05, 4.69) is 10.6 Å². The van der Waals surface area contributed by atoms with E-state index < -0.39 is 35.3 Å². The molecule has 170 valence electrons. The normalized spacial score (nSPS) is 10.8. The number of hydrogen-bond acceptors (Lipinski definition) is 6. The van der Waals surface area contributed by atoms with Crippen molar-refractivity contribution in [2.75, 3.05) is 19.6 Å². The second kappa shape index (κ2) is 13.6. The number of carboxylic acids is 1. The minimum absolute atomic E-state index is 0.00523. The summed E-state index contributed by atoms with van der Waals surface area (Å²) >= 11 is 0. The fraction of sp³-hybridized carbons (Fsp3) is 0.778. The maximum Gasteiger partial charge on any atom is 0.407 e. The summed E-state index contributed by atoms with van der Waals surface area (Å²) < 4.78 is 22.5. The summed E-state index contributed by atoms with van der Waals surface area (Å²) in [5.41, 5.74) is -1.13. The summed E-state index contributed by atoms with van der Waals surface area (Å²) in [6.07, 6.45) is -1.38. The maximum atomic E-state index is 12.7. The van der Waals surface area contributed by atoms with Crippen molar-refractivity contribution in [2.45, 2.75) is 72.5 Å². The monoisotopic (exact) mass is 423 g/mol. The first-order chi connectivity index (χ1) is 13.1. The molecule has 0 unspecified atom stereocenters. The molecule has 0 aromatic carbocycles. The number of carboxylic acid groups (broad SMARTS) is 1. The number of rotatable bonds is 7. The molecule has 0 aliphatic rings. The predicted molar refractivity (Wildman–Crippen MR) is 104 cm³/mol. The van der Waals surface area contributed by atoms with E-state index in [1.807, 2.05) is 0 Å². The summed E-state index contributed by atoms with van der Waals surface area (Å²) in [5.74, 6) is -1.60. The van der Waals surface area contributed by atoms with Crippen molar-refractivity contribution >= 4 is 24.1 Å². The summed E-state index contributed by atoms with van der Waals surface area (Å²) in [6.45, 7) is 12.1. The van der Waals surface area contributed by atoms with Crippen molar-refractivity contribution in [1.29, 1.82) is 0 Å². The molecule has 3 amide bonds. The Hall–Kier alpha value is -2.59. The second-order valence-corrected chi connectivity index (χ2v) is 7.82. The quantitative estimate of drug-likeness (QED) is 0.536. The Morgan fingerprint density at radius 3 is 1.55 bits per heavy atom. The number of halogens is 1. The summed E-state index contributed by atoms with van der Waals surface area (Å²) in [4.78, 5) is 43.1. The number of nitrogens with zero attached hydrogens (tertiary/aromatic N) is 1. The van der Waals surface area contributed by atoms with Gasteiger partial charge < -0.3 is 25.2 Å². The average molecular weight is 423 g/mol. The van der Waals surface area contributed by atoms with Crippen molar-refractivity contribution in [1.82, 2.24) is 15.8 Å². The molecule has 0 radical (unpaired) electrons. The van der Waals surface area contributed by atoms with Crippen LogP contribution in [-0.2, 0) is 19.1 Å². The number of ether oxygens (including phenoxy) is 2. The lowest BCUT2D eigenvalue weighted by atomic mass is 10.2. The molecule has 0 heterocycles. The van der Waals surface area contributed by atoms with E-state index in [0.717, 1.165) is 0 Å². The van der Waals surface area contributed by atoms with Crippen LogP contribution in [0.1, 0.15) is 61.3 Å². The summed E-state index contributed by atoms with van der Waals surface area (Å²) in [5, 5.41) is 13.1. The Morgan fingerprint density at radius 1 is 0.862 bits per heavy atom. The van der Waals surface area contributed by atoms with Crippen LogP contribution in [0.5, 0.6) is 0 Å². The van der Waals surface area contributed by atoms with E-state index in [0.29, 0.717) is 0 Å². The van der Waals surface area contributed by atoms with Crippen LogP contribution in [0, 0.1) is 0 Å². The molecule has 0 bridgehead atoms. The highest BCUT2D eigenvalue weighted by Crippen LogP contribution is 2.07. The van der Waals surface area contributed by atoms with Gasteiger partial charge in [-0.3, -0.25) is 9.59 Å². The molecule has 0 saturated carbocycles. The lowest BCUT2D eigenvalue weighted by molar-refractivity contribution is -0.145. The molecular formula is C18H34FN3O7. The van der Waals surface area contributed by atoms with Gasteiger partial charge in [-0.1, -0.05) is 4.48 Å². The molecular weight excluding hydrogens is 389 g/mol. The van der Waals surface area contributed by atoms with E-state index in [1.54, 1.807) is 41.5 Å². The fourth-order valence-corrected chi connectivity index (χ4v) is 1.47. The molecule has 0 fully saturated rings. The van der Waals surface area contributed by atoms with Crippen LogP contribution >= 0.6 is 0 Å². The third-order valence-electron chi connectivity index (χ3n) is 2.56. The number of nitrogens with one attached hydrogen (secondary N) is 2. The van der Waals surface area contributed by atoms with Gasteiger partial charge in [0.25, 0.3) is 5.91 Å². The standard InChI is InChI=1S/C10H19FN2O3.C8H15NO4/c1-5-13(11)8(14)6-7-12-9(15)16-10(2,3)4;1-8(2,3)13-7(12)9-5-4-6(10)11/h5-7H2,1-4H3,(H,12,15);4-5H2,1-3H3,(H,9,12)(H,10,11). The van der Waals surface area contributed by atoms with Crippen molar-refractivity contribution in [3.05, 3.63) is 0 Å². The van der Waals surface area contributed by atoms with Gasteiger partial charge in [-0.25, -0.2) is 9.59 Å². The maximum absolute atomic E-state index is 12.7. The third kappa shape index (κ3) is 21.6. The molecule has 0 rings (SSSR count). The van der Waals surface area contributed by atoms with Gasteiger partial charge in [0.1, 0.15) is 11.2 Å². The Kier molecular flexibility index (Phi) is 13.4. The van der Waals surface area contributed by atoms with Crippen molar-refractivity contribution in [3.8, 4) is 0 Å². The summed E-state index contributed by atoms with van der Waals surface area (Å²) in [6, 6.07) is 0. The van der Waals surface area contributed by atoms with Gasteiger partial charge >= 0.3 is 18.2 Å². The number of carbonyl (C=O) groups excluding carboxylic acids is 3. The largest absolute Gasteiger partial charge is 0.481 e. The molecule has 0 aromatic rings. The van der Waals surface area contributed by atoms with E-state index in [4.69, 9.17) is 14.6 Å². The van der Waals surface area contributed by atoms with Crippen LogP contribution in [-0.4, -0.2) is 65.1 Å². The smallest absolute Gasteiger partial charge is 0.407 e. The van der Waals surface area contributed by atoms with Gasteiger partial charge in [0.05, 0.1) is 13.0 Å². The Labute approximate surface area is 171 Å². The molecule has 3 N–H and O–H groups in total. The lowest BCUT2D eigenvalue weighted by Crippen LogP contribution is -2.35. The number of alkyl carbamates (subject to hydrolysis) is 2. The molecule has 0 spiro atoms. The van der Waals surface area contributed by atoms with Crippen LogP contribution < -0.4 is 10.6 Å². The molecule has 0 saturated heterocycles. The van der Waals surface area contributed by atoms with Gasteiger partial charge in [-0.2, -0.15) is 5.12 Å². The highest BCUT2D eigenvalue weighted by atomic mass is 19.2. The van der Waals surface area contributed by atoms with Gasteiger partial charge in [0.15, 0.2) is 0 Å². The van der Waals surface area contributed by atoms with Crippen molar-refractivity contribution < 1.29 is 38.2 Å². The van der Waals surface area contributed by atoms with E-state index in [9.17, 15) is 23.7 Å². The molecule has 11 heteroatoms. The Balaban J connectivity index is 0. The van der Waals surface area contributed by atoms with Crippen molar-refractivity contribution in [2.24, 2.45) is 0 Å².